The number of hydrogen-bond donors (Lipinski definition) is 0. The second kappa shape index (κ2) is 43.5. The van der Waals surface area contributed by atoms with Gasteiger partial charge in [-0.1, -0.05) is 355 Å². The number of nitrogens with zero attached hydrogens (tertiary/aromatic N) is 11. The van der Waals surface area contributed by atoms with Gasteiger partial charge in [0.2, 0.25) is 5.89 Å². The summed E-state index contributed by atoms with van der Waals surface area (Å²) in [6.07, 6.45) is 0. The summed E-state index contributed by atoms with van der Waals surface area (Å²) in [5.41, 5.74) is 38.9. The van der Waals surface area contributed by atoms with E-state index in [0.717, 1.165) is 134 Å². The van der Waals surface area contributed by atoms with Gasteiger partial charge in [0.05, 0.1) is 65.4 Å². The lowest BCUT2D eigenvalue weighted by molar-refractivity contribution is 0.620. The zero-order valence-corrected chi connectivity index (χ0v) is 84.0. The molecule has 0 saturated heterocycles. The standard InChI is InChI=1S/C33H24N4.C20H16N2.C19H15N.C19H16.C15H14N2.C14H11NO.C14H11NS/c1-23-20-24(32-34-28-16-8-10-18-30(28)36(32)26-12-4-2-5-13-26)22-25(21-23)33-35-29-17-9-11-19-31(29)37(33)27-14-6-3-7-15-27;1-15-11-13-16(14-12-15)20-21-18-9-5-6-10-19(18)22(20)17-7-3-2-4-8-17;1-14-11-12-19-17(13-14)16-9-5-6-10-18(16)20(19)15-7-3-2-4-8-15;1-15-12-18(16-8-4-2-5-9-16)14-19(13-15)17-10-6-3-7-11-17;1-11-7-9-12(10-8-11)15-16-13-5-3-4-6-14(13)17(15)2;2*1-10-6-8-11(9-7-10)14-15-12-4-2-3-5-13(12)16-14/h2-22H,1H3;2-14H,1H3;2-13H,1H3;2-14H,1H3;3-10H,1-2H3;2*2-9H,1H3. The van der Waals surface area contributed by atoms with Gasteiger partial charge in [-0.05, 0) is 258 Å². The lowest BCUT2D eigenvalue weighted by atomic mass is 9.97. The number of hydrogen-bond acceptors (Lipinski definition) is 8. The van der Waals surface area contributed by atoms with Crippen molar-refractivity contribution in [2.45, 2.75) is 48.5 Å². The summed E-state index contributed by atoms with van der Waals surface area (Å²) in [5.74, 6) is 4.51. The molecule has 0 atom stereocenters. The molecule has 20 aromatic carbocycles. The van der Waals surface area contributed by atoms with Crippen molar-refractivity contribution < 1.29 is 4.42 Å². The van der Waals surface area contributed by atoms with E-state index in [0.29, 0.717) is 5.89 Å². The fourth-order valence-corrected chi connectivity index (χ4v) is 19.7. The van der Waals surface area contributed by atoms with E-state index in [1.807, 2.05) is 97.1 Å². The molecule has 0 saturated carbocycles. The largest absolute Gasteiger partial charge is 0.436 e. The molecule has 0 bridgehead atoms. The van der Waals surface area contributed by atoms with Crippen molar-refractivity contribution >= 4 is 98.6 Å². The molecule has 0 N–H and O–H groups in total. The lowest BCUT2D eigenvalue weighted by Gasteiger charge is -2.13. The molecule has 7 heterocycles. The quantitative estimate of drug-likeness (QED) is 0.120. The van der Waals surface area contributed by atoms with Gasteiger partial charge in [0, 0.05) is 74.0 Å². The van der Waals surface area contributed by atoms with Crippen LogP contribution in [0, 0.1) is 48.5 Å². The average molecular weight is 1920 g/mol. The van der Waals surface area contributed by atoms with Gasteiger partial charge in [0.15, 0.2) is 5.58 Å². The topological polar surface area (TPSA) is 115 Å². The Morgan fingerprint density at radius 1 is 0.190 bits per heavy atom. The molecule has 147 heavy (non-hydrogen) atoms. The maximum Gasteiger partial charge on any atom is 0.227 e. The second-order valence-electron chi connectivity index (χ2n) is 36.8. The molecule has 0 aliphatic rings. The molecule has 0 unspecified atom stereocenters. The zero-order chi connectivity index (χ0) is 100. The minimum atomic E-state index is 0.682. The van der Waals surface area contributed by atoms with Crippen LogP contribution in [0.15, 0.2) is 508 Å². The first-order valence-corrected chi connectivity index (χ1v) is 50.4. The van der Waals surface area contributed by atoms with E-state index < -0.39 is 0 Å². The minimum absolute atomic E-state index is 0.682. The Morgan fingerprint density at radius 2 is 0.510 bits per heavy atom. The summed E-state index contributed by atoms with van der Waals surface area (Å²) in [5, 5.41) is 3.74. The Morgan fingerprint density at radius 3 is 0.952 bits per heavy atom. The molecule has 0 spiro atoms. The van der Waals surface area contributed by atoms with E-state index in [2.05, 4.69) is 500 Å². The van der Waals surface area contributed by atoms with Crippen LogP contribution in [0.25, 0.3) is 200 Å². The minimum Gasteiger partial charge on any atom is -0.436 e. The lowest BCUT2D eigenvalue weighted by Crippen LogP contribution is -2.00. The number of imidazole rings is 4. The van der Waals surface area contributed by atoms with Crippen LogP contribution in [0.5, 0.6) is 0 Å². The van der Waals surface area contributed by atoms with Crippen LogP contribution in [0.1, 0.15) is 38.9 Å². The fraction of sp³-hybridized carbons (Fsp3) is 0.0597. The third-order valence-electron chi connectivity index (χ3n) is 26.0. The second-order valence-corrected chi connectivity index (χ2v) is 37.9. The number of benzene rings is 20. The molecule has 7 aromatic heterocycles. The van der Waals surface area contributed by atoms with Gasteiger partial charge in [-0.3, -0.25) is 13.7 Å². The van der Waals surface area contributed by atoms with Crippen molar-refractivity contribution in [1.29, 1.82) is 0 Å². The molecule has 12 nitrogen and oxygen atoms in total. The summed E-state index contributed by atoms with van der Waals surface area (Å²) in [6.45, 7) is 14.8. The first kappa shape index (κ1) is 94.7. The van der Waals surface area contributed by atoms with E-state index in [1.165, 1.54) is 98.9 Å². The van der Waals surface area contributed by atoms with Crippen LogP contribution in [-0.4, -0.2) is 52.7 Å². The maximum absolute atomic E-state index is 5.68. The SMILES string of the molecule is Cc1cc(-c2ccccc2)cc(-c2ccccc2)c1.Cc1cc(-c2nc3ccccc3n2-c2ccccc2)cc(-c2nc3ccccc3n2-c2ccccc2)c1.Cc1ccc(-c2nc3ccccc3n2-c2ccccc2)cc1.Cc1ccc(-c2nc3ccccc3n2C)cc1.Cc1ccc(-c2nc3ccccc3o2)cc1.Cc1ccc(-c2nc3ccccc3s2)cc1.Cc1ccc2c(c1)c1ccccc1n2-c1ccccc1. The molecule has 710 valence electrons. The fourth-order valence-electron chi connectivity index (χ4n) is 18.7. The summed E-state index contributed by atoms with van der Waals surface area (Å²) in [7, 11) is 2.06. The predicted octanol–water partition coefficient (Wildman–Crippen LogP) is 35.1. The van der Waals surface area contributed by atoms with E-state index >= 15 is 0 Å². The third-order valence-corrected chi connectivity index (χ3v) is 27.1. The highest BCUT2D eigenvalue weighted by molar-refractivity contribution is 7.21. The van der Waals surface area contributed by atoms with Crippen LogP contribution < -0.4 is 0 Å². The molecule has 13 heteroatoms. The van der Waals surface area contributed by atoms with Gasteiger partial charge >= 0.3 is 0 Å². The third kappa shape index (κ3) is 21.2. The van der Waals surface area contributed by atoms with Crippen LogP contribution >= 0.6 is 11.3 Å². The molecule has 27 aromatic rings. The van der Waals surface area contributed by atoms with Gasteiger partial charge in [0.25, 0.3) is 0 Å². The summed E-state index contributed by atoms with van der Waals surface area (Å²) in [4.78, 5) is 28.8. The van der Waals surface area contributed by atoms with Gasteiger partial charge in [0.1, 0.15) is 33.8 Å². The van der Waals surface area contributed by atoms with Crippen LogP contribution in [-0.2, 0) is 7.05 Å². The van der Waals surface area contributed by atoms with E-state index in [-0.39, 0.29) is 0 Å². The zero-order valence-electron chi connectivity index (χ0n) is 83.2. The number of oxazole rings is 1. The normalized spacial score (nSPS) is 11.0. The Kier molecular flexibility index (Phi) is 28.0. The highest BCUT2D eigenvalue weighted by Gasteiger charge is 2.22. The summed E-state index contributed by atoms with van der Waals surface area (Å²) in [6, 6.07) is 174. The first-order valence-electron chi connectivity index (χ1n) is 49.6. The molecule has 0 aliphatic carbocycles. The number of para-hydroxylation sites is 16. The number of aromatic nitrogens is 11. The van der Waals surface area contributed by atoms with Crippen molar-refractivity contribution in [1.82, 2.24) is 52.7 Å². The molecular formula is C134H107N11OS. The Balaban J connectivity index is 0.000000103. The number of rotatable bonds is 12. The van der Waals surface area contributed by atoms with Crippen molar-refractivity contribution in [3.05, 3.63) is 542 Å². The Hall–Kier alpha value is -18.6. The van der Waals surface area contributed by atoms with Crippen molar-refractivity contribution in [2.75, 3.05) is 0 Å². The predicted molar refractivity (Wildman–Crippen MR) is 615 cm³/mol. The van der Waals surface area contributed by atoms with Crippen molar-refractivity contribution in [2.24, 2.45) is 7.05 Å². The van der Waals surface area contributed by atoms with Crippen molar-refractivity contribution in [3.8, 4) is 113 Å². The number of thiazole rings is 1. The average Bonchev–Trinajstić information content (AvgIpc) is 1.61. The summed E-state index contributed by atoms with van der Waals surface area (Å²) < 4.78 is 18.1. The van der Waals surface area contributed by atoms with Crippen LogP contribution in [0.3, 0.4) is 0 Å². The highest BCUT2D eigenvalue weighted by atomic mass is 32.1. The molecule has 0 fully saturated rings. The molecule has 0 amide bonds. The smallest absolute Gasteiger partial charge is 0.227 e. The van der Waals surface area contributed by atoms with E-state index in [4.69, 9.17) is 19.4 Å². The van der Waals surface area contributed by atoms with E-state index in [9.17, 15) is 0 Å². The maximum atomic E-state index is 5.68. The van der Waals surface area contributed by atoms with Gasteiger partial charge < -0.3 is 13.6 Å². The van der Waals surface area contributed by atoms with E-state index in [1.54, 1.807) is 11.3 Å². The van der Waals surface area contributed by atoms with Crippen LogP contribution in [0.2, 0.25) is 0 Å². The molecule has 27 rings (SSSR count). The van der Waals surface area contributed by atoms with Gasteiger partial charge in [-0.2, -0.15) is 0 Å². The Bertz CT molecular complexity index is 8830. The van der Waals surface area contributed by atoms with Crippen molar-refractivity contribution in [3.63, 3.8) is 0 Å². The van der Waals surface area contributed by atoms with Crippen LogP contribution in [0.4, 0.5) is 0 Å². The number of aryl methyl sites for hydroxylation is 8. The summed E-state index contributed by atoms with van der Waals surface area (Å²) >= 11 is 1.75. The highest BCUT2D eigenvalue weighted by Crippen LogP contribution is 2.40. The number of fused-ring (bicyclic) bond motifs is 9. The van der Waals surface area contributed by atoms with Gasteiger partial charge in [-0.15, -0.1) is 11.3 Å². The monoisotopic (exact) mass is 1920 g/mol. The molecular weight excluding hydrogens is 1810 g/mol. The first-order chi connectivity index (χ1) is 72.2. The van der Waals surface area contributed by atoms with Gasteiger partial charge in [-0.25, -0.2) is 29.9 Å². The molecule has 0 aliphatic heterocycles. The molecule has 0 radical (unpaired) electrons. The Labute approximate surface area is 860 Å².